The van der Waals surface area contributed by atoms with Gasteiger partial charge in [0.25, 0.3) is 0 Å². The van der Waals surface area contributed by atoms with Gasteiger partial charge in [0.1, 0.15) is 12.4 Å². The van der Waals surface area contributed by atoms with Crippen LogP contribution in [-0.4, -0.2) is 5.11 Å². The topological polar surface area (TPSA) is 57.1 Å². The molecule has 0 saturated carbocycles. The standard InChI is InChI=1S/C23H25N3OS/c1-15-5-7-16(8-6-15)14-27-18-11-9-17(10-12-18)20-19(13-24)21(23(2,3)4)26-22(28)25-20/h5-12,20H,14H2,1-4H3,(H2,25,26,28)/t20-/m1/s1. The minimum Gasteiger partial charge on any atom is -0.489 e. The van der Waals surface area contributed by atoms with E-state index in [1.807, 2.05) is 24.3 Å². The minimum atomic E-state index is -0.265. The minimum absolute atomic E-state index is 0.202. The summed E-state index contributed by atoms with van der Waals surface area (Å²) >= 11 is 5.37. The number of ether oxygens (including phenoxy) is 1. The van der Waals surface area contributed by atoms with E-state index in [2.05, 4.69) is 68.7 Å². The van der Waals surface area contributed by atoms with Crippen molar-refractivity contribution < 1.29 is 4.74 Å². The highest BCUT2D eigenvalue weighted by molar-refractivity contribution is 7.80. The number of nitrogens with zero attached hydrogens (tertiary/aromatic N) is 1. The second-order valence-electron chi connectivity index (χ2n) is 8.03. The molecule has 1 aliphatic heterocycles. The molecule has 1 heterocycles. The number of allylic oxidation sites excluding steroid dienone is 1. The van der Waals surface area contributed by atoms with Crippen molar-refractivity contribution in [1.29, 1.82) is 5.26 Å². The van der Waals surface area contributed by atoms with E-state index < -0.39 is 0 Å². The van der Waals surface area contributed by atoms with E-state index in [1.165, 1.54) is 5.56 Å². The predicted octanol–water partition coefficient (Wildman–Crippen LogP) is 4.92. The Labute approximate surface area is 172 Å². The molecule has 2 aromatic carbocycles. The lowest BCUT2D eigenvalue weighted by molar-refractivity contribution is 0.306. The predicted molar refractivity (Wildman–Crippen MR) is 116 cm³/mol. The van der Waals surface area contributed by atoms with Crippen LogP contribution in [0.2, 0.25) is 0 Å². The number of nitriles is 1. The molecule has 0 bridgehead atoms. The zero-order valence-electron chi connectivity index (χ0n) is 16.7. The largest absolute Gasteiger partial charge is 0.489 e. The Hall–Kier alpha value is -2.84. The number of rotatable bonds is 4. The fraction of sp³-hybridized carbons (Fsp3) is 0.304. The number of thiocarbonyl (C=S) groups is 1. The molecule has 3 rings (SSSR count). The van der Waals surface area contributed by atoms with E-state index in [9.17, 15) is 5.26 Å². The summed E-state index contributed by atoms with van der Waals surface area (Å²) in [5, 5.41) is 16.7. The van der Waals surface area contributed by atoms with Crippen LogP contribution in [-0.2, 0) is 6.61 Å². The zero-order chi connectivity index (χ0) is 20.3. The van der Waals surface area contributed by atoms with Gasteiger partial charge < -0.3 is 15.4 Å². The maximum Gasteiger partial charge on any atom is 0.171 e. The molecule has 2 N–H and O–H groups in total. The molecule has 0 amide bonds. The van der Waals surface area contributed by atoms with Gasteiger partial charge in [0.15, 0.2) is 5.11 Å². The average molecular weight is 392 g/mol. The van der Waals surface area contributed by atoms with Crippen LogP contribution in [0.25, 0.3) is 0 Å². The van der Waals surface area contributed by atoms with E-state index in [0.29, 0.717) is 17.3 Å². The summed E-state index contributed by atoms with van der Waals surface area (Å²) in [4.78, 5) is 0. The summed E-state index contributed by atoms with van der Waals surface area (Å²) < 4.78 is 5.89. The lowest BCUT2D eigenvalue weighted by Crippen LogP contribution is -2.46. The molecule has 0 fully saturated rings. The maximum absolute atomic E-state index is 9.77. The van der Waals surface area contributed by atoms with Crippen LogP contribution in [0.3, 0.4) is 0 Å². The van der Waals surface area contributed by atoms with E-state index in [-0.39, 0.29) is 11.5 Å². The molecular formula is C23H25N3OS. The molecule has 144 valence electrons. The number of aryl methyl sites for hydroxylation is 1. The van der Waals surface area contributed by atoms with E-state index in [0.717, 1.165) is 22.6 Å². The molecule has 0 radical (unpaired) electrons. The monoisotopic (exact) mass is 391 g/mol. The van der Waals surface area contributed by atoms with Crippen LogP contribution in [0.4, 0.5) is 0 Å². The second-order valence-corrected chi connectivity index (χ2v) is 8.43. The van der Waals surface area contributed by atoms with Crippen molar-refractivity contribution in [3.8, 4) is 11.8 Å². The van der Waals surface area contributed by atoms with Gasteiger partial charge in [-0.15, -0.1) is 0 Å². The molecule has 0 aromatic heterocycles. The van der Waals surface area contributed by atoms with Crippen molar-refractivity contribution in [1.82, 2.24) is 10.6 Å². The Morgan fingerprint density at radius 2 is 1.71 bits per heavy atom. The Kier molecular flexibility index (Phi) is 5.71. The normalized spacial score (nSPS) is 16.8. The van der Waals surface area contributed by atoms with Crippen LogP contribution in [0.5, 0.6) is 5.75 Å². The van der Waals surface area contributed by atoms with Crippen LogP contribution in [0.1, 0.15) is 43.5 Å². The first kappa shape index (κ1) is 19.9. The van der Waals surface area contributed by atoms with Gasteiger partial charge in [-0.2, -0.15) is 5.26 Å². The molecule has 28 heavy (non-hydrogen) atoms. The summed E-state index contributed by atoms with van der Waals surface area (Å²) in [6.45, 7) is 8.80. The third-order valence-electron chi connectivity index (χ3n) is 4.68. The van der Waals surface area contributed by atoms with Crippen LogP contribution in [0, 0.1) is 23.7 Å². The van der Waals surface area contributed by atoms with Gasteiger partial charge in [-0.25, -0.2) is 0 Å². The van der Waals surface area contributed by atoms with Gasteiger partial charge >= 0.3 is 0 Å². The van der Waals surface area contributed by atoms with Gasteiger partial charge in [-0.05, 0) is 42.4 Å². The summed E-state index contributed by atoms with van der Waals surface area (Å²) in [5.41, 5.74) is 4.66. The molecule has 2 aromatic rings. The molecule has 0 aliphatic carbocycles. The molecular weight excluding hydrogens is 366 g/mol. The summed E-state index contributed by atoms with van der Waals surface area (Å²) in [6.07, 6.45) is 0. The Morgan fingerprint density at radius 3 is 2.29 bits per heavy atom. The van der Waals surface area contributed by atoms with Crippen LogP contribution >= 0.6 is 12.2 Å². The van der Waals surface area contributed by atoms with Crippen molar-refractivity contribution in [3.63, 3.8) is 0 Å². The summed E-state index contributed by atoms with van der Waals surface area (Å²) in [5.74, 6) is 0.791. The van der Waals surface area contributed by atoms with Crippen LogP contribution in [0.15, 0.2) is 59.8 Å². The third-order valence-corrected chi connectivity index (χ3v) is 4.90. The van der Waals surface area contributed by atoms with Crippen LogP contribution < -0.4 is 15.4 Å². The van der Waals surface area contributed by atoms with Crippen molar-refractivity contribution >= 4 is 17.3 Å². The first-order valence-electron chi connectivity index (χ1n) is 9.28. The summed E-state index contributed by atoms with van der Waals surface area (Å²) in [6, 6.07) is 18.2. The van der Waals surface area contributed by atoms with E-state index in [1.54, 1.807) is 0 Å². The van der Waals surface area contributed by atoms with E-state index >= 15 is 0 Å². The van der Waals surface area contributed by atoms with Gasteiger partial charge in [0.05, 0.1) is 17.7 Å². The van der Waals surface area contributed by atoms with Gasteiger partial charge in [0, 0.05) is 11.1 Å². The third kappa shape index (κ3) is 4.52. The molecule has 0 spiro atoms. The second kappa shape index (κ2) is 8.04. The lowest BCUT2D eigenvalue weighted by atomic mass is 9.84. The van der Waals surface area contributed by atoms with Gasteiger partial charge in [-0.3, -0.25) is 0 Å². The SMILES string of the molecule is Cc1ccc(COc2ccc([C@H]3NC(=S)NC(C(C)(C)C)=C3C#N)cc2)cc1. The van der Waals surface area contributed by atoms with Crippen molar-refractivity contribution in [2.24, 2.45) is 5.41 Å². The fourth-order valence-corrected chi connectivity index (χ4v) is 3.35. The highest BCUT2D eigenvalue weighted by Crippen LogP contribution is 2.34. The molecule has 0 saturated heterocycles. The fourth-order valence-electron chi connectivity index (χ4n) is 3.13. The summed E-state index contributed by atoms with van der Waals surface area (Å²) in [7, 11) is 0. The van der Waals surface area contributed by atoms with Crippen molar-refractivity contribution in [3.05, 3.63) is 76.5 Å². The molecule has 1 atom stereocenters. The first-order valence-corrected chi connectivity index (χ1v) is 9.69. The number of benzene rings is 2. The average Bonchev–Trinajstić information content (AvgIpc) is 2.66. The number of hydrogen-bond acceptors (Lipinski definition) is 3. The van der Waals surface area contributed by atoms with Crippen molar-refractivity contribution in [2.75, 3.05) is 0 Å². The molecule has 4 nitrogen and oxygen atoms in total. The van der Waals surface area contributed by atoms with Crippen molar-refractivity contribution in [2.45, 2.75) is 40.3 Å². The van der Waals surface area contributed by atoms with E-state index in [4.69, 9.17) is 17.0 Å². The lowest BCUT2D eigenvalue weighted by Gasteiger charge is -2.34. The highest BCUT2D eigenvalue weighted by atomic mass is 32.1. The Bertz CT molecular complexity index is 932. The molecule has 0 unspecified atom stereocenters. The molecule has 1 aliphatic rings. The first-order chi connectivity index (χ1) is 13.3. The number of hydrogen-bond donors (Lipinski definition) is 2. The highest BCUT2D eigenvalue weighted by Gasteiger charge is 2.32. The zero-order valence-corrected chi connectivity index (χ0v) is 17.5. The quantitative estimate of drug-likeness (QED) is 0.725. The van der Waals surface area contributed by atoms with Gasteiger partial charge in [0.2, 0.25) is 0 Å². The molecule has 5 heteroatoms. The maximum atomic E-state index is 9.77. The Morgan fingerprint density at radius 1 is 1.07 bits per heavy atom. The Balaban J connectivity index is 1.79. The van der Waals surface area contributed by atoms with Gasteiger partial charge in [-0.1, -0.05) is 62.7 Å². The number of nitrogens with one attached hydrogen (secondary N) is 2. The smallest absolute Gasteiger partial charge is 0.171 e.